The number of alkyl halides is 3. The molecule has 0 aliphatic rings. The number of nitrogens with zero attached hydrogens (tertiary/aromatic N) is 5. The second kappa shape index (κ2) is 9.45. The molecular formula is C22H20BrF3N6O2. The van der Waals surface area contributed by atoms with Crippen molar-refractivity contribution in [3.05, 3.63) is 64.1 Å². The molecule has 1 N–H and O–H groups in total. The minimum absolute atomic E-state index is 0.0809. The van der Waals surface area contributed by atoms with E-state index >= 15 is 0 Å². The van der Waals surface area contributed by atoms with Crippen LogP contribution in [0.2, 0.25) is 0 Å². The van der Waals surface area contributed by atoms with Gasteiger partial charge in [0.2, 0.25) is 0 Å². The average Bonchev–Trinajstić information content (AvgIpc) is 3.38. The molecule has 0 fully saturated rings. The van der Waals surface area contributed by atoms with E-state index in [4.69, 9.17) is 4.74 Å². The summed E-state index contributed by atoms with van der Waals surface area (Å²) < 4.78 is 49.7. The predicted molar refractivity (Wildman–Crippen MR) is 122 cm³/mol. The summed E-state index contributed by atoms with van der Waals surface area (Å²) >= 11 is 3.39. The molecule has 0 bridgehead atoms. The second-order valence-electron chi connectivity index (χ2n) is 7.49. The fourth-order valence-corrected chi connectivity index (χ4v) is 3.65. The first-order valence-corrected chi connectivity index (χ1v) is 11.0. The number of aromatic nitrogens is 5. The van der Waals surface area contributed by atoms with Gasteiger partial charge in [-0.05, 0) is 59.6 Å². The van der Waals surface area contributed by atoms with Gasteiger partial charge in [0, 0.05) is 30.9 Å². The van der Waals surface area contributed by atoms with Gasteiger partial charge in [-0.25, -0.2) is 9.50 Å². The van der Waals surface area contributed by atoms with E-state index in [-0.39, 0.29) is 17.0 Å². The maximum atomic E-state index is 13.8. The highest BCUT2D eigenvalue weighted by atomic mass is 79.9. The molecule has 0 atom stereocenters. The van der Waals surface area contributed by atoms with E-state index in [1.165, 1.54) is 13.2 Å². The number of nitrogens with one attached hydrogen (secondary N) is 1. The van der Waals surface area contributed by atoms with Gasteiger partial charge in [-0.2, -0.15) is 23.4 Å². The lowest BCUT2D eigenvalue weighted by Gasteiger charge is -2.11. The molecule has 1 aromatic carbocycles. The summed E-state index contributed by atoms with van der Waals surface area (Å²) in [5.74, 6) is -0.0121. The number of amides is 1. The van der Waals surface area contributed by atoms with Crippen molar-refractivity contribution in [3.8, 4) is 17.0 Å². The fraction of sp³-hybridized carbons (Fsp3) is 0.273. The lowest BCUT2D eigenvalue weighted by atomic mass is 10.1. The topological polar surface area (TPSA) is 86.3 Å². The summed E-state index contributed by atoms with van der Waals surface area (Å²) in [5.41, 5.74) is 0.180. The monoisotopic (exact) mass is 536 g/mol. The zero-order valence-corrected chi connectivity index (χ0v) is 19.8. The van der Waals surface area contributed by atoms with Crippen LogP contribution >= 0.6 is 15.9 Å². The third-order valence-electron chi connectivity index (χ3n) is 5.07. The zero-order chi connectivity index (χ0) is 24.5. The van der Waals surface area contributed by atoms with Crippen molar-refractivity contribution in [1.29, 1.82) is 0 Å². The minimum atomic E-state index is -4.70. The molecule has 0 saturated carbocycles. The highest BCUT2D eigenvalue weighted by molar-refractivity contribution is 9.10. The van der Waals surface area contributed by atoms with Crippen LogP contribution in [0, 0.1) is 6.92 Å². The molecule has 0 radical (unpaired) electrons. The van der Waals surface area contributed by atoms with Gasteiger partial charge in [-0.15, -0.1) is 0 Å². The quantitative estimate of drug-likeness (QED) is 0.351. The molecule has 3 heterocycles. The van der Waals surface area contributed by atoms with Gasteiger partial charge < -0.3 is 10.1 Å². The van der Waals surface area contributed by atoms with Gasteiger partial charge in [0.05, 0.1) is 23.0 Å². The van der Waals surface area contributed by atoms with Crippen molar-refractivity contribution in [2.24, 2.45) is 0 Å². The number of hydrogen-bond donors (Lipinski definition) is 1. The van der Waals surface area contributed by atoms with Crippen LogP contribution in [0.4, 0.5) is 13.2 Å². The van der Waals surface area contributed by atoms with Crippen LogP contribution in [0.15, 0.2) is 47.1 Å². The Bertz CT molecular complexity index is 1310. The molecule has 4 aromatic rings. The van der Waals surface area contributed by atoms with Crippen molar-refractivity contribution in [2.75, 3.05) is 13.7 Å². The number of fused-ring (bicyclic) bond motifs is 1. The Morgan fingerprint density at radius 2 is 1.91 bits per heavy atom. The molecule has 1 amide bonds. The minimum Gasteiger partial charge on any atom is -0.497 e. The van der Waals surface area contributed by atoms with Gasteiger partial charge in [-0.1, -0.05) is 0 Å². The smallest absolute Gasteiger partial charge is 0.433 e. The van der Waals surface area contributed by atoms with Crippen molar-refractivity contribution >= 4 is 27.5 Å². The van der Waals surface area contributed by atoms with E-state index in [9.17, 15) is 18.0 Å². The van der Waals surface area contributed by atoms with Gasteiger partial charge in [-0.3, -0.25) is 9.48 Å². The molecule has 8 nitrogen and oxygen atoms in total. The highest BCUT2D eigenvalue weighted by Gasteiger charge is 2.35. The Morgan fingerprint density at radius 3 is 2.53 bits per heavy atom. The van der Waals surface area contributed by atoms with E-state index in [1.54, 1.807) is 28.9 Å². The standard InChI is InChI=1S/C22H20BrF3N6O2/c1-13-16(23)12-31(29-13)9-3-8-27-21(33)18-11-20-28-17(14-4-6-15(34-2)7-5-14)10-19(22(24,25)26)32(20)30-18/h4-7,10-12H,3,8-9H2,1-2H3,(H,27,33). The van der Waals surface area contributed by atoms with Crippen LogP contribution in [0.3, 0.4) is 0 Å². The van der Waals surface area contributed by atoms with Crippen LogP contribution in [-0.2, 0) is 12.7 Å². The Labute approximate surface area is 200 Å². The number of methoxy groups -OCH3 is 1. The molecule has 178 valence electrons. The molecular weight excluding hydrogens is 517 g/mol. The van der Waals surface area contributed by atoms with Gasteiger partial charge in [0.25, 0.3) is 5.91 Å². The third kappa shape index (κ3) is 5.06. The SMILES string of the molecule is COc1ccc(-c2cc(C(F)(F)F)n3nc(C(=O)NCCCn4cc(Br)c(C)n4)cc3n2)cc1. The number of hydrogen-bond acceptors (Lipinski definition) is 5. The van der Waals surface area contributed by atoms with E-state index in [1.807, 2.05) is 13.1 Å². The van der Waals surface area contributed by atoms with Crippen LogP contribution in [0.1, 0.15) is 28.3 Å². The number of carbonyl (C=O) groups is 1. The lowest BCUT2D eigenvalue weighted by molar-refractivity contribution is -0.142. The number of ether oxygens (including phenoxy) is 1. The van der Waals surface area contributed by atoms with Gasteiger partial charge >= 0.3 is 6.18 Å². The van der Waals surface area contributed by atoms with Crippen molar-refractivity contribution in [3.63, 3.8) is 0 Å². The predicted octanol–water partition coefficient (Wildman–Crippen LogP) is 4.51. The van der Waals surface area contributed by atoms with Crippen LogP contribution in [-0.4, -0.2) is 43.9 Å². The maximum absolute atomic E-state index is 13.8. The number of carbonyl (C=O) groups excluding carboxylic acids is 1. The van der Waals surface area contributed by atoms with Crippen LogP contribution in [0.5, 0.6) is 5.75 Å². The van der Waals surface area contributed by atoms with E-state index in [0.717, 1.165) is 16.2 Å². The summed E-state index contributed by atoms with van der Waals surface area (Å²) in [5, 5.41) is 10.9. The van der Waals surface area contributed by atoms with Crippen molar-refractivity contribution in [1.82, 2.24) is 29.7 Å². The largest absolute Gasteiger partial charge is 0.497 e. The summed E-state index contributed by atoms with van der Waals surface area (Å²) in [6, 6.07) is 8.64. The second-order valence-corrected chi connectivity index (χ2v) is 8.34. The summed E-state index contributed by atoms with van der Waals surface area (Å²) in [6.07, 6.45) is -2.28. The van der Waals surface area contributed by atoms with Gasteiger partial charge in [0.15, 0.2) is 17.0 Å². The maximum Gasteiger partial charge on any atom is 0.433 e. The number of benzene rings is 1. The first-order chi connectivity index (χ1) is 16.2. The molecule has 3 aromatic heterocycles. The zero-order valence-electron chi connectivity index (χ0n) is 18.2. The van der Waals surface area contributed by atoms with Crippen molar-refractivity contribution in [2.45, 2.75) is 26.1 Å². The Hall–Kier alpha value is -3.41. The number of rotatable bonds is 7. The molecule has 0 aliphatic heterocycles. The molecule has 4 rings (SSSR count). The summed E-state index contributed by atoms with van der Waals surface area (Å²) in [6.45, 7) is 2.75. The van der Waals surface area contributed by atoms with Crippen LogP contribution in [0.25, 0.3) is 16.9 Å². The summed E-state index contributed by atoms with van der Waals surface area (Å²) in [7, 11) is 1.50. The fourth-order valence-electron chi connectivity index (χ4n) is 3.34. The molecule has 0 saturated heterocycles. The molecule has 12 heteroatoms. The molecule has 0 aliphatic carbocycles. The van der Waals surface area contributed by atoms with Crippen molar-refractivity contribution < 1.29 is 22.7 Å². The molecule has 34 heavy (non-hydrogen) atoms. The van der Waals surface area contributed by atoms with E-state index in [2.05, 4.69) is 36.4 Å². The first-order valence-electron chi connectivity index (χ1n) is 10.3. The van der Waals surface area contributed by atoms with E-state index in [0.29, 0.717) is 35.3 Å². The Morgan fingerprint density at radius 1 is 1.18 bits per heavy atom. The third-order valence-corrected chi connectivity index (χ3v) is 5.85. The number of halogens is 4. The Balaban J connectivity index is 1.54. The first kappa shape index (κ1) is 23.7. The number of aryl methyl sites for hydroxylation is 2. The molecule has 0 spiro atoms. The Kier molecular flexibility index (Phi) is 6.60. The normalized spacial score (nSPS) is 11.7. The van der Waals surface area contributed by atoms with E-state index < -0.39 is 17.8 Å². The summed E-state index contributed by atoms with van der Waals surface area (Å²) in [4.78, 5) is 16.8. The average molecular weight is 537 g/mol. The lowest BCUT2D eigenvalue weighted by Crippen LogP contribution is -2.26. The molecule has 0 unspecified atom stereocenters. The van der Waals surface area contributed by atoms with Gasteiger partial charge in [0.1, 0.15) is 5.75 Å². The van der Waals surface area contributed by atoms with Crippen LogP contribution < -0.4 is 10.1 Å². The highest BCUT2D eigenvalue weighted by Crippen LogP contribution is 2.32.